The van der Waals surface area contributed by atoms with Crippen molar-refractivity contribution >= 4 is 16.6 Å². The van der Waals surface area contributed by atoms with Crippen LogP contribution in [0.15, 0.2) is 84.9 Å². The van der Waals surface area contributed by atoms with Crippen LogP contribution in [0.25, 0.3) is 22.0 Å². The minimum Gasteiger partial charge on any atom is -0.594 e. The van der Waals surface area contributed by atoms with Gasteiger partial charge in [0.25, 0.3) is 0 Å². The Labute approximate surface area is 150 Å². The van der Waals surface area contributed by atoms with Gasteiger partial charge in [0.1, 0.15) is 12.1 Å². The molecule has 0 atom stereocenters. The number of ketones is 1. The third-order valence-corrected chi connectivity index (χ3v) is 4.39. The molecule has 1 aromatic heterocycles. The lowest BCUT2D eigenvalue weighted by atomic mass is 10.00. The second kappa shape index (κ2) is 6.76. The number of rotatable bonds is 4. The van der Waals surface area contributed by atoms with Gasteiger partial charge in [-0.05, 0) is 6.07 Å². The minimum atomic E-state index is -0.102. The molecule has 26 heavy (non-hydrogen) atoms. The molecular weight excluding hydrogens is 324 g/mol. The Kier molecular flexibility index (Phi) is 4.15. The monoisotopic (exact) mass is 340 g/mol. The van der Waals surface area contributed by atoms with Crippen molar-refractivity contribution in [3.05, 3.63) is 101 Å². The molecule has 1 heterocycles. The van der Waals surface area contributed by atoms with Crippen LogP contribution in [0.2, 0.25) is 0 Å². The highest BCUT2D eigenvalue weighted by Gasteiger charge is 2.21. The smallest absolute Gasteiger partial charge is 0.237 e. The van der Waals surface area contributed by atoms with E-state index >= 15 is 0 Å². The number of carbonyl (C=O) groups is 1. The molecule has 0 aliphatic heterocycles. The molecule has 4 nitrogen and oxygen atoms in total. The molecule has 0 fully saturated rings. The normalized spacial score (nSPS) is 10.8. The lowest BCUT2D eigenvalue weighted by Crippen LogP contribution is -2.38. The summed E-state index contributed by atoms with van der Waals surface area (Å²) in [6.07, 6.45) is 0.0100. The van der Waals surface area contributed by atoms with Gasteiger partial charge in [0.15, 0.2) is 5.78 Å². The summed E-state index contributed by atoms with van der Waals surface area (Å²) in [6.45, 7) is 0. The van der Waals surface area contributed by atoms with Crippen molar-refractivity contribution < 1.29 is 9.64 Å². The topological polar surface area (TPSA) is 56.9 Å². The molecule has 0 spiro atoms. The summed E-state index contributed by atoms with van der Waals surface area (Å²) < 4.78 is 0. The average molecular weight is 340 g/mol. The Bertz CT molecular complexity index is 1080. The van der Waals surface area contributed by atoms with Crippen molar-refractivity contribution in [1.82, 2.24) is 5.10 Å². The second-order valence-corrected chi connectivity index (χ2v) is 6.05. The van der Waals surface area contributed by atoms with E-state index in [2.05, 4.69) is 5.10 Å². The molecule has 0 unspecified atom stereocenters. The Morgan fingerprint density at radius 3 is 2.08 bits per heavy atom. The molecular formula is C22H16N2O2. The first kappa shape index (κ1) is 16.0. The van der Waals surface area contributed by atoms with Gasteiger partial charge in [-0.1, -0.05) is 83.7 Å². The Morgan fingerprint density at radius 2 is 1.38 bits per heavy atom. The van der Waals surface area contributed by atoms with E-state index in [0.29, 0.717) is 21.8 Å². The van der Waals surface area contributed by atoms with Gasteiger partial charge in [0, 0.05) is 21.6 Å². The summed E-state index contributed by atoms with van der Waals surface area (Å²) in [5.74, 6) is -0.102. The second-order valence-electron chi connectivity index (χ2n) is 6.05. The maximum Gasteiger partial charge on any atom is 0.237 e. The van der Waals surface area contributed by atoms with Crippen molar-refractivity contribution in [1.29, 1.82) is 0 Å². The largest absolute Gasteiger partial charge is 0.594 e. The number of nitrogens with zero attached hydrogens (tertiary/aromatic N) is 2. The van der Waals surface area contributed by atoms with Gasteiger partial charge in [-0.3, -0.25) is 4.79 Å². The predicted octanol–water partition coefficient (Wildman–Crippen LogP) is 3.96. The van der Waals surface area contributed by atoms with Gasteiger partial charge in [0.05, 0.1) is 5.39 Å². The van der Waals surface area contributed by atoms with Crippen LogP contribution in [0.3, 0.4) is 0 Å². The summed E-state index contributed by atoms with van der Waals surface area (Å²) in [5.41, 5.74) is 2.44. The predicted molar refractivity (Wildman–Crippen MR) is 101 cm³/mol. The van der Waals surface area contributed by atoms with Crippen molar-refractivity contribution in [3.8, 4) is 11.3 Å². The fraction of sp³-hybridized carbons (Fsp3) is 0.0455. The number of aromatic nitrogens is 2. The molecule has 0 amide bonds. The van der Waals surface area contributed by atoms with E-state index in [4.69, 9.17) is 0 Å². The summed E-state index contributed by atoms with van der Waals surface area (Å²) in [5, 5.41) is 18.5. The molecule has 0 aliphatic carbocycles. The molecule has 0 radical (unpaired) electrons. The molecule has 3 aromatic carbocycles. The third kappa shape index (κ3) is 2.93. The summed E-state index contributed by atoms with van der Waals surface area (Å²) in [7, 11) is 0. The number of hydrogen-bond acceptors (Lipinski definition) is 3. The number of benzene rings is 3. The number of carbonyl (C=O) groups excluding carboxylic acids is 1. The lowest BCUT2D eigenvalue weighted by Gasteiger charge is -2.10. The van der Waals surface area contributed by atoms with Crippen LogP contribution < -0.4 is 4.85 Å². The molecule has 0 bridgehead atoms. The van der Waals surface area contributed by atoms with Crippen molar-refractivity contribution in [3.63, 3.8) is 0 Å². The first-order valence-corrected chi connectivity index (χ1v) is 8.39. The highest BCUT2D eigenvalue weighted by Crippen LogP contribution is 2.27. The summed E-state index contributed by atoms with van der Waals surface area (Å²) in [4.78, 5) is 13.2. The van der Waals surface area contributed by atoms with Crippen LogP contribution in [0, 0.1) is 5.21 Å². The zero-order valence-corrected chi connectivity index (χ0v) is 14.0. The van der Waals surface area contributed by atoms with Crippen LogP contribution in [0.4, 0.5) is 0 Å². The molecule has 0 N–H and O–H groups in total. The van der Waals surface area contributed by atoms with Crippen molar-refractivity contribution in [2.75, 3.05) is 0 Å². The lowest BCUT2D eigenvalue weighted by molar-refractivity contribution is -0.673. The van der Waals surface area contributed by atoms with E-state index in [9.17, 15) is 10.0 Å². The molecule has 4 aromatic rings. The number of hydrogen-bond donors (Lipinski definition) is 0. The zero-order valence-electron chi connectivity index (χ0n) is 14.0. The number of fused-ring (bicyclic) bond motifs is 1. The molecule has 4 rings (SSSR count). The van der Waals surface area contributed by atoms with Crippen LogP contribution >= 0.6 is 0 Å². The van der Waals surface area contributed by atoms with Crippen molar-refractivity contribution in [2.24, 2.45) is 0 Å². The van der Waals surface area contributed by atoms with Crippen molar-refractivity contribution in [2.45, 2.75) is 6.42 Å². The van der Waals surface area contributed by atoms with E-state index in [1.165, 1.54) is 0 Å². The van der Waals surface area contributed by atoms with E-state index in [1.807, 2.05) is 72.8 Å². The number of Topliss-reactive ketones (excluding diaryl/α,β-unsaturated/α-hetero) is 1. The Morgan fingerprint density at radius 1 is 0.808 bits per heavy atom. The van der Waals surface area contributed by atoms with Gasteiger partial charge in [-0.15, -0.1) is 0 Å². The van der Waals surface area contributed by atoms with Gasteiger partial charge < -0.3 is 5.21 Å². The average Bonchev–Trinajstić information content (AvgIpc) is 2.71. The third-order valence-electron chi connectivity index (χ3n) is 4.39. The van der Waals surface area contributed by atoms with Gasteiger partial charge in [0.2, 0.25) is 5.69 Å². The Balaban J connectivity index is 1.84. The maximum absolute atomic E-state index is 12.6. The fourth-order valence-electron chi connectivity index (χ4n) is 3.10. The van der Waals surface area contributed by atoms with Gasteiger partial charge in [-0.2, -0.15) is 0 Å². The standard InChI is InChI=1S/C22H16N2O2/c25-21(16-9-3-1-4-10-16)15-20-18-13-7-8-14-19(18)22(23-24(20)26)17-11-5-2-6-12-17/h1-14H,15H2. The van der Waals surface area contributed by atoms with Crippen LogP contribution in [0.1, 0.15) is 16.1 Å². The fourth-order valence-corrected chi connectivity index (χ4v) is 3.10. The minimum absolute atomic E-state index is 0.0100. The molecule has 126 valence electrons. The van der Waals surface area contributed by atoms with E-state index in [-0.39, 0.29) is 12.2 Å². The van der Waals surface area contributed by atoms with E-state index < -0.39 is 0 Å². The summed E-state index contributed by atoms with van der Waals surface area (Å²) in [6, 6.07) is 26.2. The molecule has 0 saturated heterocycles. The highest BCUT2D eigenvalue weighted by molar-refractivity contribution is 6.01. The maximum atomic E-state index is 12.6. The van der Waals surface area contributed by atoms with E-state index in [1.54, 1.807) is 12.1 Å². The highest BCUT2D eigenvalue weighted by atomic mass is 16.5. The van der Waals surface area contributed by atoms with Crippen LogP contribution in [0.5, 0.6) is 0 Å². The van der Waals surface area contributed by atoms with Gasteiger partial charge >= 0.3 is 0 Å². The summed E-state index contributed by atoms with van der Waals surface area (Å²) >= 11 is 0. The van der Waals surface area contributed by atoms with Gasteiger partial charge in [-0.25, -0.2) is 0 Å². The van der Waals surface area contributed by atoms with Crippen LogP contribution in [-0.4, -0.2) is 10.9 Å². The first-order chi connectivity index (χ1) is 12.7. The molecule has 0 saturated carbocycles. The molecule has 0 aliphatic rings. The zero-order chi connectivity index (χ0) is 17.9. The quantitative estimate of drug-likeness (QED) is 0.321. The first-order valence-electron chi connectivity index (χ1n) is 8.39. The van der Waals surface area contributed by atoms with E-state index in [0.717, 1.165) is 16.3 Å². The Hall–Kier alpha value is -3.53. The SMILES string of the molecule is O=C(Cc1c2ccccc2c(-c2ccccc2)n[n+]1[O-])c1ccccc1. The molecule has 4 heteroatoms. The van der Waals surface area contributed by atoms with Crippen LogP contribution in [-0.2, 0) is 6.42 Å².